The van der Waals surface area contributed by atoms with Crippen LogP contribution in [0.1, 0.15) is 0 Å². The van der Waals surface area contributed by atoms with Crippen LogP contribution in [0.5, 0.6) is 0 Å². The largest absolute Gasteiger partial charge is 0.309 e. The molecule has 0 aliphatic heterocycles. The van der Waals surface area contributed by atoms with Crippen LogP contribution in [0.15, 0.2) is 188 Å². The fraction of sp³-hybridized carbons (Fsp3) is 0. The van der Waals surface area contributed by atoms with Crippen LogP contribution in [0.2, 0.25) is 0 Å². The van der Waals surface area contributed by atoms with Gasteiger partial charge in [-0.1, -0.05) is 140 Å². The SMILES string of the molecule is c1ccc(-c2cccc3c2sc2c(N(c4ccc(-c5cc6ccccc6c6ccccc56)cc4)c4ccc5sc6ccccc6c5c4)cccc23)cc1. The molecule has 0 radical (unpaired) electrons. The number of hydrogen-bond donors (Lipinski definition) is 0. The number of anilines is 3. The molecule has 0 amide bonds. The molecule has 0 atom stereocenters. The van der Waals surface area contributed by atoms with Gasteiger partial charge in [-0.25, -0.2) is 0 Å². The van der Waals surface area contributed by atoms with Gasteiger partial charge in [0.25, 0.3) is 0 Å². The van der Waals surface area contributed by atoms with E-state index in [1.54, 1.807) is 0 Å². The van der Waals surface area contributed by atoms with Gasteiger partial charge in [-0.3, -0.25) is 0 Å². The minimum absolute atomic E-state index is 1.13. The molecular formula is C50H31NS2. The van der Waals surface area contributed by atoms with E-state index in [9.17, 15) is 0 Å². The average molecular weight is 710 g/mol. The Morgan fingerprint density at radius 1 is 0.321 bits per heavy atom. The zero-order valence-corrected chi connectivity index (χ0v) is 30.3. The van der Waals surface area contributed by atoms with E-state index in [1.807, 2.05) is 22.7 Å². The summed E-state index contributed by atoms with van der Waals surface area (Å²) in [6.07, 6.45) is 0. The molecule has 0 spiro atoms. The second-order valence-corrected chi connectivity index (χ2v) is 15.8. The Balaban J connectivity index is 1.13. The van der Waals surface area contributed by atoms with Crippen LogP contribution in [0.3, 0.4) is 0 Å². The highest BCUT2D eigenvalue weighted by Crippen LogP contribution is 2.48. The van der Waals surface area contributed by atoms with Crippen LogP contribution >= 0.6 is 22.7 Å². The molecule has 11 aromatic rings. The van der Waals surface area contributed by atoms with Gasteiger partial charge in [-0.05, 0) is 92.3 Å². The molecule has 0 N–H and O–H groups in total. The lowest BCUT2D eigenvalue weighted by molar-refractivity contribution is 1.31. The Hall–Kier alpha value is -6.26. The summed E-state index contributed by atoms with van der Waals surface area (Å²) in [6.45, 7) is 0. The molecule has 248 valence electrons. The Labute approximate surface area is 315 Å². The predicted molar refractivity (Wildman–Crippen MR) is 233 cm³/mol. The highest BCUT2D eigenvalue weighted by Gasteiger charge is 2.21. The van der Waals surface area contributed by atoms with Crippen molar-refractivity contribution in [1.82, 2.24) is 0 Å². The summed E-state index contributed by atoms with van der Waals surface area (Å²) in [5, 5.41) is 10.3. The first-order valence-corrected chi connectivity index (χ1v) is 19.6. The summed E-state index contributed by atoms with van der Waals surface area (Å²) in [5.41, 5.74) is 8.45. The number of fused-ring (bicyclic) bond motifs is 9. The summed E-state index contributed by atoms with van der Waals surface area (Å²) in [4.78, 5) is 2.47. The Morgan fingerprint density at radius 3 is 1.79 bits per heavy atom. The molecule has 2 aromatic heterocycles. The van der Waals surface area contributed by atoms with E-state index in [0.29, 0.717) is 0 Å². The smallest absolute Gasteiger partial charge is 0.0640 e. The van der Waals surface area contributed by atoms with Crippen molar-refractivity contribution in [3.05, 3.63) is 188 Å². The second-order valence-electron chi connectivity index (χ2n) is 13.7. The number of rotatable bonds is 5. The van der Waals surface area contributed by atoms with E-state index in [-0.39, 0.29) is 0 Å². The minimum Gasteiger partial charge on any atom is -0.309 e. The van der Waals surface area contributed by atoms with Crippen LogP contribution in [0.4, 0.5) is 17.1 Å². The zero-order valence-electron chi connectivity index (χ0n) is 28.7. The molecule has 0 saturated carbocycles. The molecule has 0 fully saturated rings. The molecule has 53 heavy (non-hydrogen) atoms. The van der Waals surface area contributed by atoms with E-state index < -0.39 is 0 Å². The maximum absolute atomic E-state index is 2.47. The quantitative estimate of drug-likeness (QED) is 0.161. The molecule has 0 aliphatic rings. The third kappa shape index (κ3) is 4.89. The van der Waals surface area contributed by atoms with Gasteiger partial charge in [-0.15, -0.1) is 22.7 Å². The minimum atomic E-state index is 1.13. The Bertz CT molecular complexity index is 3170. The first-order chi connectivity index (χ1) is 26.3. The summed E-state index contributed by atoms with van der Waals surface area (Å²) in [5.74, 6) is 0. The second kappa shape index (κ2) is 12.2. The van der Waals surface area contributed by atoms with Crippen LogP contribution < -0.4 is 4.90 Å². The fourth-order valence-electron chi connectivity index (χ4n) is 8.19. The van der Waals surface area contributed by atoms with Crippen LogP contribution in [-0.4, -0.2) is 0 Å². The maximum atomic E-state index is 2.47. The van der Waals surface area contributed by atoms with Crippen molar-refractivity contribution in [2.45, 2.75) is 0 Å². The zero-order chi connectivity index (χ0) is 34.9. The maximum Gasteiger partial charge on any atom is 0.0640 e. The van der Waals surface area contributed by atoms with Crippen molar-refractivity contribution in [1.29, 1.82) is 0 Å². The normalized spacial score (nSPS) is 11.8. The standard InChI is InChI=1S/C50H31NS2/c1-2-12-32(13-3-1)38-19-10-20-42-43-21-11-22-46(50(43)53-49(38)42)51(36-28-29-48-45(31-36)41-18-8-9-23-47(41)52-48)35-26-24-33(25-27-35)44-30-34-14-4-5-15-37(34)39-16-6-7-17-40(39)44/h1-31H. The Morgan fingerprint density at radius 2 is 0.943 bits per heavy atom. The van der Waals surface area contributed by atoms with E-state index in [1.165, 1.54) is 89.8 Å². The van der Waals surface area contributed by atoms with E-state index in [2.05, 4.69) is 193 Å². The van der Waals surface area contributed by atoms with Crippen LogP contribution in [0.25, 0.3) is 84.1 Å². The predicted octanol–water partition coefficient (Wildman–Crippen LogP) is 15.5. The number of thiophene rings is 2. The topological polar surface area (TPSA) is 3.24 Å². The van der Waals surface area contributed by atoms with Crippen LogP contribution in [-0.2, 0) is 0 Å². The first-order valence-electron chi connectivity index (χ1n) is 18.0. The van der Waals surface area contributed by atoms with Gasteiger partial charge in [-0.2, -0.15) is 0 Å². The molecule has 11 rings (SSSR count). The molecule has 1 nitrogen and oxygen atoms in total. The van der Waals surface area contributed by atoms with E-state index in [0.717, 1.165) is 11.4 Å². The summed E-state index contributed by atoms with van der Waals surface area (Å²) < 4.78 is 5.23. The van der Waals surface area contributed by atoms with Gasteiger partial charge >= 0.3 is 0 Å². The van der Waals surface area contributed by atoms with Gasteiger partial charge < -0.3 is 4.90 Å². The molecular weight excluding hydrogens is 679 g/mol. The van der Waals surface area contributed by atoms with Gasteiger partial charge in [0, 0.05) is 47.0 Å². The van der Waals surface area contributed by atoms with Crippen molar-refractivity contribution < 1.29 is 0 Å². The van der Waals surface area contributed by atoms with Crippen molar-refractivity contribution in [3.63, 3.8) is 0 Å². The van der Waals surface area contributed by atoms with Gasteiger partial charge in [0.1, 0.15) is 0 Å². The molecule has 2 heterocycles. The van der Waals surface area contributed by atoms with Crippen molar-refractivity contribution >= 4 is 102 Å². The molecule has 9 aromatic carbocycles. The number of benzene rings is 9. The highest BCUT2D eigenvalue weighted by atomic mass is 32.1. The lowest BCUT2D eigenvalue weighted by Gasteiger charge is -2.26. The third-order valence-corrected chi connectivity index (χ3v) is 13.1. The molecule has 0 saturated heterocycles. The average Bonchev–Trinajstić information content (AvgIpc) is 3.80. The highest BCUT2D eigenvalue weighted by molar-refractivity contribution is 7.27. The lowest BCUT2D eigenvalue weighted by atomic mass is 9.93. The number of nitrogens with zero attached hydrogens (tertiary/aromatic N) is 1. The third-order valence-electron chi connectivity index (χ3n) is 10.7. The van der Waals surface area contributed by atoms with Crippen LogP contribution in [0, 0.1) is 0 Å². The fourth-order valence-corrected chi connectivity index (χ4v) is 10.6. The molecule has 3 heteroatoms. The summed E-state index contributed by atoms with van der Waals surface area (Å²) >= 11 is 3.76. The number of hydrogen-bond acceptors (Lipinski definition) is 3. The van der Waals surface area contributed by atoms with Crippen molar-refractivity contribution in [3.8, 4) is 22.3 Å². The summed E-state index contributed by atoms with van der Waals surface area (Å²) in [6, 6.07) is 69.1. The van der Waals surface area contributed by atoms with Gasteiger partial charge in [0.05, 0.1) is 10.4 Å². The van der Waals surface area contributed by atoms with Gasteiger partial charge in [0.15, 0.2) is 0 Å². The van der Waals surface area contributed by atoms with Gasteiger partial charge in [0.2, 0.25) is 0 Å². The Kier molecular flexibility index (Phi) is 6.97. The monoisotopic (exact) mass is 709 g/mol. The lowest BCUT2D eigenvalue weighted by Crippen LogP contribution is -2.10. The molecule has 0 unspecified atom stereocenters. The first kappa shape index (κ1) is 30.4. The van der Waals surface area contributed by atoms with Crippen molar-refractivity contribution in [2.75, 3.05) is 4.90 Å². The van der Waals surface area contributed by atoms with E-state index >= 15 is 0 Å². The molecule has 0 aliphatic carbocycles. The molecule has 0 bridgehead atoms. The summed E-state index contributed by atoms with van der Waals surface area (Å²) in [7, 11) is 0. The van der Waals surface area contributed by atoms with Crippen molar-refractivity contribution in [2.24, 2.45) is 0 Å². The van der Waals surface area contributed by atoms with E-state index in [4.69, 9.17) is 0 Å².